The van der Waals surface area contributed by atoms with Crippen molar-refractivity contribution in [3.63, 3.8) is 0 Å². The number of ether oxygens (including phenoxy) is 3. The predicted molar refractivity (Wildman–Crippen MR) is 100 cm³/mol. The fourth-order valence-electron chi connectivity index (χ4n) is 3.56. The number of hydrogen-bond donors (Lipinski definition) is 2. The summed E-state index contributed by atoms with van der Waals surface area (Å²) in [5.41, 5.74) is -0.138. The first kappa shape index (κ1) is 20.4. The van der Waals surface area contributed by atoms with E-state index in [0.29, 0.717) is 6.04 Å². The Morgan fingerprint density at radius 2 is 1.96 bits per heavy atom. The molecule has 0 bridgehead atoms. The lowest BCUT2D eigenvalue weighted by Crippen LogP contribution is -2.53. The van der Waals surface area contributed by atoms with E-state index < -0.39 is 0 Å². The van der Waals surface area contributed by atoms with Gasteiger partial charge in [0.1, 0.15) is 0 Å². The van der Waals surface area contributed by atoms with Crippen molar-refractivity contribution < 1.29 is 14.2 Å². The molecule has 0 aromatic rings. The van der Waals surface area contributed by atoms with Crippen LogP contribution in [-0.2, 0) is 14.2 Å². The zero-order valence-corrected chi connectivity index (χ0v) is 16.2. The summed E-state index contributed by atoms with van der Waals surface area (Å²) in [4.78, 5) is 6.91. The van der Waals surface area contributed by atoms with Gasteiger partial charge in [-0.2, -0.15) is 0 Å². The third-order valence-electron chi connectivity index (χ3n) is 5.39. The summed E-state index contributed by atoms with van der Waals surface area (Å²) < 4.78 is 16.4. The molecule has 2 N–H and O–H groups in total. The van der Waals surface area contributed by atoms with E-state index in [1.165, 1.54) is 0 Å². The Labute approximate surface area is 152 Å². The largest absolute Gasteiger partial charge is 0.385 e. The Balaban J connectivity index is 1.70. The Kier molecular flexibility index (Phi) is 8.95. The number of piperidine rings is 1. The van der Waals surface area contributed by atoms with Gasteiger partial charge in [-0.05, 0) is 19.3 Å². The molecular formula is C18H36N4O3. The first-order valence-electron chi connectivity index (χ1n) is 9.53. The van der Waals surface area contributed by atoms with Crippen LogP contribution in [0.4, 0.5) is 0 Å². The first-order chi connectivity index (χ1) is 12.2. The summed E-state index contributed by atoms with van der Waals surface area (Å²) >= 11 is 0. The minimum Gasteiger partial charge on any atom is -0.385 e. The van der Waals surface area contributed by atoms with Gasteiger partial charge in [-0.25, -0.2) is 0 Å². The molecule has 2 rings (SSSR count). The Morgan fingerprint density at radius 1 is 1.24 bits per heavy atom. The van der Waals surface area contributed by atoms with Gasteiger partial charge < -0.3 is 29.7 Å². The van der Waals surface area contributed by atoms with E-state index in [1.54, 1.807) is 14.2 Å². The van der Waals surface area contributed by atoms with Gasteiger partial charge in [0.25, 0.3) is 0 Å². The van der Waals surface area contributed by atoms with Crippen molar-refractivity contribution in [1.29, 1.82) is 0 Å². The Bertz CT molecular complexity index is 392. The van der Waals surface area contributed by atoms with Crippen molar-refractivity contribution in [1.82, 2.24) is 15.5 Å². The van der Waals surface area contributed by atoms with Gasteiger partial charge in [-0.1, -0.05) is 0 Å². The molecule has 0 radical (unpaired) electrons. The summed E-state index contributed by atoms with van der Waals surface area (Å²) in [7, 11) is 5.39. The molecule has 0 unspecified atom stereocenters. The summed E-state index contributed by atoms with van der Waals surface area (Å²) in [5, 5.41) is 7.03. The molecule has 2 fully saturated rings. The highest BCUT2D eigenvalue weighted by molar-refractivity contribution is 5.80. The second kappa shape index (κ2) is 11.0. The van der Waals surface area contributed by atoms with Crippen molar-refractivity contribution in [2.24, 2.45) is 4.99 Å². The van der Waals surface area contributed by atoms with Crippen LogP contribution < -0.4 is 10.6 Å². The molecule has 0 aliphatic carbocycles. The van der Waals surface area contributed by atoms with Gasteiger partial charge in [0.05, 0.1) is 5.60 Å². The van der Waals surface area contributed by atoms with Crippen LogP contribution in [0.15, 0.2) is 4.99 Å². The van der Waals surface area contributed by atoms with Crippen LogP contribution in [0.25, 0.3) is 0 Å². The molecule has 0 aromatic carbocycles. The van der Waals surface area contributed by atoms with E-state index >= 15 is 0 Å². The Morgan fingerprint density at radius 3 is 2.56 bits per heavy atom. The predicted octanol–water partition coefficient (Wildman–Crippen LogP) is 0.848. The van der Waals surface area contributed by atoms with E-state index in [-0.39, 0.29) is 5.60 Å². The fourth-order valence-corrected chi connectivity index (χ4v) is 3.56. The second-order valence-corrected chi connectivity index (χ2v) is 7.03. The topological polar surface area (TPSA) is 67.4 Å². The number of likely N-dealkylation sites (tertiary alicyclic amines) is 1. The monoisotopic (exact) mass is 356 g/mol. The summed E-state index contributed by atoms with van der Waals surface area (Å²) in [5.74, 6) is 0.876. The molecule has 0 spiro atoms. The zero-order valence-electron chi connectivity index (χ0n) is 16.2. The number of rotatable bonds is 8. The second-order valence-electron chi connectivity index (χ2n) is 7.03. The number of aliphatic imine (C=N–C) groups is 1. The summed E-state index contributed by atoms with van der Waals surface area (Å²) in [6.07, 6.45) is 5.26. The van der Waals surface area contributed by atoms with Crippen molar-refractivity contribution >= 4 is 5.96 Å². The zero-order chi connectivity index (χ0) is 18.0. The minimum atomic E-state index is -0.138. The van der Waals surface area contributed by atoms with Gasteiger partial charge in [-0.15, -0.1) is 0 Å². The molecule has 0 saturated carbocycles. The van der Waals surface area contributed by atoms with Crippen LogP contribution in [0.3, 0.4) is 0 Å². The van der Waals surface area contributed by atoms with Crippen molar-refractivity contribution in [2.75, 3.05) is 67.3 Å². The van der Waals surface area contributed by atoms with Crippen LogP contribution in [0.1, 0.15) is 32.1 Å². The highest BCUT2D eigenvalue weighted by Gasteiger charge is 2.32. The quantitative estimate of drug-likeness (QED) is 0.382. The lowest BCUT2D eigenvalue weighted by Gasteiger charge is -2.37. The van der Waals surface area contributed by atoms with Gasteiger partial charge in [-0.3, -0.25) is 4.99 Å². The molecular weight excluding hydrogens is 320 g/mol. The molecule has 2 heterocycles. The van der Waals surface area contributed by atoms with Crippen molar-refractivity contribution in [3.8, 4) is 0 Å². The van der Waals surface area contributed by atoms with Crippen LogP contribution >= 0.6 is 0 Å². The van der Waals surface area contributed by atoms with Gasteiger partial charge in [0.2, 0.25) is 0 Å². The fraction of sp³-hybridized carbons (Fsp3) is 0.944. The maximum Gasteiger partial charge on any atom is 0.191 e. The lowest BCUT2D eigenvalue weighted by molar-refractivity contribution is -0.0855. The molecule has 2 aliphatic heterocycles. The van der Waals surface area contributed by atoms with Crippen LogP contribution in [0.2, 0.25) is 0 Å². The average molecular weight is 357 g/mol. The van der Waals surface area contributed by atoms with Crippen LogP contribution in [-0.4, -0.2) is 89.8 Å². The SMILES string of the molecule is CN=C(NCC1(OC)CCOCC1)NC1CCN(CCCOC)CC1. The van der Waals surface area contributed by atoms with Gasteiger partial charge >= 0.3 is 0 Å². The lowest BCUT2D eigenvalue weighted by atomic mass is 9.94. The standard InChI is InChI=1S/C18H36N4O3/c1-19-17(20-15-18(24-3)7-13-25-14-8-18)21-16-5-10-22(11-6-16)9-4-12-23-2/h16H,4-15H2,1-3H3,(H2,19,20,21). The molecule has 2 aliphatic rings. The molecule has 0 atom stereocenters. The highest BCUT2D eigenvalue weighted by Crippen LogP contribution is 2.23. The normalized spacial score (nSPS) is 22.8. The van der Waals surface area contributed by atoms with Crippen LogP contribution in [0, 0.1) is 0 Å². The van der Waals surface area contributed by atoms with Crippen molar-refractivity contribution in [3.05, 3.63) is 0 Å². The maximum atomic E-state index is 5.78. The molecule has 7 nitrogen and oxygen atoms in total. The number of nitrogens with zero attached hydrogens (tertiary/aromatic N) is 2. The van der Waals surface area contributed by atoms with E-state index in [2.05, 4.69) is 20.5 Å². The summed E-state index contributed by atoms with van der Waals surface area (Å²) in [6, 6.07) is 0.484. The molecule has 0 amide bonds. The van der Waals surface area contributed by atoms with E-state index in [9.17, 15) is 0 Å². The van der Waals surface area contributed by atoms with Gasteiger partial charge in [0, 0.05) is 86.2 Å². The van der Waals surface area contributed by atoms with Crippen molar-refractivity contribution in [2.45, 2.75) is 43.7 Å². The maximum absolute atomic E-state index is 5.78. The molecule has 0 aromatic heterocycles. The third-order valence-corrected chi connectivity index (χ3v) is 5.39. The number of nitrogens with one attached hydrogen (secondary N) is 2. The van der Waals surface area contributed by atoms with E-state index in [0.717, 1.165) is 84.1 Å². The minimum absolute atomic E-state index is 0.138. The number of guanidine groups is 1. The summed E-state index contributed by atoms with van der Waals surface area (Å²) in [6.45, 7) is 6.55. The van der Waals surface area contributed by atoms with E-state index in [1.807, 2.05) is 7.05 Å². The van der Waals surface area contributed by atoms with Gasteiger partial charge in [0.15, 0.2) is 5.96 Å². The Hall–Kier alpha value is -0.890. The van der Waals surface area contributed by atoms with Crippen LogP contribution in [0.5, 0.6) is 0 Å². The van der Waals surface area contributed by atoms with E-state index in [4.69, 9.17) is 14.2 Å². The average Bonchev–Trinajstić information content (AvgIpc) is 2.67. The highest BCUT2D eigenvalue weighted by atomic mass is 16.5. The molecule has 2 saturated heterocycles. The first-order valence-corrected chi connectivity index (χ1v) is 9.53. The number of methoxy groups -OCH3 is 2. The molecule has 25 heavy (non-hydrogen) atoms. The molecule has 146 valence electrons. The smallest absolute Gasteiger partial charge is 0.191 e. The molecule has 7 heteroatoms. The number of hydrogen-bond acceptors (Lipinski definition) is 5. The third kappa shape index (κ3) is 6.73.